The number of hydrogen-bond acceptors (Lipinski definition) is 3. The van der Waals surface area contributed by atoms with E-state index in [1.807, 2.05) is 49.0 Å². The first-order valence-electron chi connectivity index (χ1n) is 6.02. The molecule has 0 fully saturated rings. The van der Waals surface area contributed by atoms with Gasteiger partial charge in [0.05, 0.1) is 11.4 Å². The molecule has 0 saturated heterocycles. The number of para-hydroxylation sites is 1. The van der Waals surface area contributed by atoms with Crippen molar-refractivity contribution in [3.63, 3.8) is 0 Å². The summed E-state index contributed by atoms with van der Waals surface area (Å²) in [5.41, 5.74) is 3.05. The zero-order valence-electron chi connectivity index (χ0n) is 10.8. The number of ether oxygens (including phenoxy) is 1. The molecule has 18 heavy (non-hydrogen) atoms. The Labute approximate surface area is 107 Å². The van der Waals surface area contributed by atoms with Crippen LogP contribution in [0.3, 0.4) is 0 Å². The molecule has 96 valence electrons. The Morgan fingerprint density at radius 3 is 2.78 bits per heavy atom. The van der Waals surface area contributed by atoms with Crippen LogP contribution in [0.1, 0.15) is 17.0 Å². The molecule has 4 nitrogen and oxygen atoms in total. The zero-order chi connectivity index (χ0) is 13.0. The van der Waals surface area contributed by atoms with Crippen molar-refractivity contribution >= 4 is 0 Å². The van der Waals surface area contributed by atoms with Crippen LogP contribution in [-0.4, -0.2) is 21.5 Å². The van der Waals surface area contributed by atoms with Gasteiger partial charge in [-0.3, -0.25) is 4.68 Å². The second-order valence-electron chi connectivity index (χ2n) is 4.27. The van der Waals surface area contributed by atoms with Gasteiger partial charge in [-0.2, -0.15) is 5.10 Å². The molecule has 1 aromatic carbocycles. The van der Waals surface area contributed by atoms with Crippen LogP contribution in [0.5, 0.6) is 5.75 Å². The van der Waals surface area contributed by atoms with Gasteiger partial charge < -0.3 is 9.84 Å². The van der Waals surface area contributed by atoms with E-state index in [0.717, 1.165) is 22.7 Å². The Balaban J connectivity index is 2.08. The molecule has 0 aliphatic heterocycles. The SMILES string of the molecule is Cc1cc(COc2ccccc2CCO)n(C)n1. The number of rotatable bonds is 5. The fraction of sp³-hybridized carbons (Fsp3) is 0.357. The first kappa shape index (κ1) is 12.6. The Bertz CT molecular complexity index is 520. The third-order valence-electron chi connectivity index (χ3n) is 2.83. The van der Waals surface area contributed by atoms with Gasteiger partial charge in [-0.25, -0.2) is 0 Å². The average Bonchev–Trinajstić information content (AvgIpc) is 2.67. The van der Waals surface area contributed by atoms with E-state index in [-0.39, 0.29) is 6.61 Å². The Morgan fingerprint density at radius 1 is 1.33 bits per heavy atom. The number of nitrogens with zero attached hydrogens (tertiary/aromatic N) is 2. The van der Waals surface area contributed by atoms with Gasteiger partial charge in [0.15, 0.2) is 0 Å². The summed E-state index contributed by atoms with van der Waals surface area (Å²) in [6.45, 7) is 2.58. The molecule has 2 rings (SSSR count). The van der Waals surface area contributed by atoms with Crippen molar-refractivity contribution in [3.8, 4) is 5.75 Å². The zero-order valence-corrected chi connectivity index (χ0v) is 10.8. The lowest BCUT2D eigenvalue weighted by molar-refractivity contribution is 0.278. The minimum absolute atomic E-state index is 0.130. The minimum atomic E-state index is 0.130. The van der Waals surface area contributed by atoms with E-state index >= 15 is 0 Å². The quantitative estimate of drug-likeness (QED) is 0.875. The third kappa shape index (κ3) is 2.90. The van der Waals surface area contributed by atoms with Crippen LogP contribution in [0.2, 0.25) is 0 Å². The summed E-state index contributed by atoms with van der Waals surface area (Å²) in [4.78, 5) is 0. The number of aliphatic hydroxyl groups is 1. The number of hydrogen-bond donors (Lipinski definition) is 1. The highest BCUT2D eigenvalue weighted by molar-refractivity contribution is 5.33. The van der Waals surface area contributed by atoms with E-state index < -0.39 is 0 Å². The van der Waals surface area contributed by atoms with Gasteiger partial charge in [-0.15, -0.1) is 0 Å². The van der Waals surface area contributed by atoms with Crippen LogP contribution < -0.4 is 4.74 Å². The Morgan fingerprint density at radius 2 is 2.11 bits per heavy atom. The van der Waals surface area contributed by atoms with Crippen molar-refractivity contribution in [2.24, 2.45) is 7.05 Å². The average molecular weight is 246 g/mol. The predicted molar refractivity (Wildman–Crippen MR) is 69.5 cm³/mol. The molecular weight excluding hydrogens is 228 g/mol. The molecule has 0 bridgehead atoms. The molecule has 0 saturated carbocycles. The van der Waals surface area contributed by atoms with Crippen molar-refractivity contribution in [1.29, 1.82) is 0 Å². The largest absolute Gasteiger partial charge is 0.487 e. The standard InChI is InChI=1S/C14H18N2O2/c1-11-9-13(16(2)15-11)10-18-14-6-4-3-5-12(14)7-8-17/h3-6,9,17H,7-8,10H2,1-2H3. The van der Waals surface area contributed by atoms with Gasteiger partial charge in [-0.1, -0.05) is 18.2 Å². The molecule has 2 aromatic rings. The number of aryl methyl sites for hydroxylation is 2. The maximum Gasteiger partial charge on any atom is 0.130 e. The Hall–Kier alpha value is -1.81. The van der Waals surface area contributed by atoms with Gasteiger partial charge in [0, 0.05) is 13.7 Å². The predicted octanol–water partition coefficient (Wildman–Crippen LogP) is 1.84. The Kier molecular flexibility index (Phi) is 3.99. The summed E-state index contributed by atoms with van der Waals surface area (Å²) in [5, 5.41) is 13.3. The van der Waals surface area contributed by atoms with E-state index in [9.17, 15) is 0 Å². The van der Waals surface area contributed by atoms with Crippen molar-refractivity contribution in [1.82, 2.24) is 9.78 Å². The highest BCUT2D eigenvalue weighted by atomic mass is 16.5. The van der Waals surface area contributed by atoms with E-state index in [1.54, 1.807) is 0 Å². The van der Waals surface area contributed by atoms with E-state index in [2.05, 4.69) is 5.10 Å². The summed E-state index contributed by atoms with van der Waals surface area (Å²) < 4.78 is 7.62. The van der Waals surface area contributed by atoms with Gasteiger partial charge in [0.25, 0.3) is 0 Å². The topological polar surface area (TPSA) is 47.3 Å². The molecule has 0 radical (unpaired) electrons. The minimum Gasteiger partial charge on any atom is -0.487 e. The van der Waals surface area contributed by atoms with Gasteiger partial charge >= 0.3 is 0 Å². The summed E-state index contributed by atoms with van der Waals surface area (Å²) in [7, 11) is 1.91. The molecule has 4 heteroatoms. The summed E-state index contributed by atoms with van der Waals surface area (Å²) >= 11 is 0. The summed E-state index contributed by atoms with van der Waals surface area (Å²) in [6.07, 6.45) is 0.612. The molecule has 0 unspecified atom stereocenters. The third-order valence-corrected chi connectivity index (χ3v) is 2.83. The maximum absolute atomic E-state index is 9.01. The number of benzene rings is 1. The van der Waals surface area contributed by atoms with Crippen LogP contribution in [0.25, 0.3) is 0 Å². The fourth-order valence-corrected chi connectivity index (χ4v) is 1.92. The van der Waals surface area contributed by atoms with E-state index in [4.69, 9.17) is 9.84 Å². The number of aromatic nitrogens is 2. The smallest absolute Gasteiger partial charge is 0.130 e. The lowest BCUT2D eigenvalue weighted by Gasteiger charge is -2.10. The molecule has 0 amide bonds. The monoisotopic (exact) mass is 246 g/mol. The normalized spacial score (nSPS) is 10.6. The molecule has 1 aromatic heterocycles. The molecular formula is C14H18N2O2. The lowest BCUT2D eigenvalue weighted by atomic mass is 10.1. The van der Waals surface area contributed by atoms with Crippen molar-refractivity contribution in [2.45, 2.75) is 20.0 Å². The lowest BCUT2D eigenvalue weighted by Crippen LogP contribution is -2.04. The van der Waals surface area contributed by atoms with Crippen molar-refractivity contribution < 1.29 is 9.84 Å². The van der Waals surface area contributed by atoms with Crippen LogP contribution in [0.4, 0.5) is 0 Å². The first-order valence-corrected chi connectivity index (χ1v) is 6.02. The fourth-order valence-electron chi connectivity index (χ4n) is 1.92. The van der Waals surface area contributed by atoms with Crippen LogP contribution in [-0.2, 0) is 20.1 Å². The molecule has 0 spiro atoms. The molecule has 0 atom stereocenters. The maximum atomic E-state index is 9.01. The van der Waals surface area contributed by atoms with E-state index in [1.165, 1.54) is 0 Å². The highest BCUT2D eigenvalue weighted by Gasteiger charge is 2.06. The van der Waals surface area contributed by atoms with Crippen LogP contribution in [0, 0.1) is 6.92 Å². The number of aliphatic hydroxyl groups excluding tert-OH is 1. The van der Waals surface area contributed by atoms with Gasteiger partial charge in [-0.05, 0) is 31.0 Å². The van der Waals surface area contributed by atoms with Crippen molar-refractivity contribution in [3.05, 3.63) is 47.3 Å². The molecule has 1 heterocycles. The van der Waals surface area contributed by atoms with Crippen molar-refractivity contribution in [2.75, 3.05) is 6.61 Å². The second kappa shape index (κ2) is 5.69. The summed E-state index contributed by atoms with van der Waals surface area (Å²) in [6, 6.07) is 9.79. The summed E-state index contributed by atoms with van der Waals surface area (Å²) in [5.74, 6) is 0.824. The molecule has 1 N–H and O–H groups in total. The van der Waals surface area contributed by atoms with Crippen LogP contribution >= 0.6 is 0 Å². The van der Waals surface area contributed by atoms with Gasteiger partial charge in [0.2, 0.25) is 0 Å². The second-order valence-corrected chi connectivity index (χ2v) is 4.27. The van der Waals surface area contributed by atoms with Gasteiger partial charge in [0.1, 0.15) is 12.4 Å². The molecule has 0 aliphatic carbocycles. The van der Waals surface area contributed by atoms with Crippen LogP contribution in [0.15, 0.2) is 30.3 Å². The highest BCUT2D eigenvalue weighted by Crippen LogP contribution is 2.19. The molecule has 0 aliphatic rings. The van der Waals surface area contributed by atoms with E-state index in [0.29, 0.717) is 13.0 Å². The first-order chi connectivity index (χ1) is 8.70.